The number of benzene rings is 2. The van der Waals surface area contributed by atoms with Crippen molar-refractivity contribution in [2.24, 2.45) is 0 Å². The fraction of sp³-hybridized carbons (Fsp3) is 0.364. The highest BCUT2D eigenvalue weighted by atomic mass is 32.2. The van der Waals surface area contributed by atoms with E-state index < -0.39 is 0 Å². The van der Waals surface area contributed by atoms with Crippen molar-refractivity contribution in [3.8, 4) is 5.75 Å². The molecule has 2 amide bonds. The predicted molar refractivity (Wildman–Crippen MR) is 111 cm³/mol. The molecule has 2 aromatic carbocycles. The highest BCUT2D eigenvalue weighted by molar-refractivity contribution is 8.00. The Bertz CT molecular complexity index is 882. The van der Waals surface area contributed by atoms with E-state index >= 15 is 0 Å². The summed E-state index contributed by atoms with van der Waals surface area (Å²) >= 11 is 1.51. The minimum Gasteiger partial charge on any atom is -0.497 e. The number of methoxy groups -OCH3 is 1. The number of hydrogen-bond acceptors (Lipinski definition) is 4. The van der Waals surface area contributed by atoms with E-state index in [9.17, 15) is 9.59 Å². The highest BCUT2D eigenvalue weighted by Crippen LogP contribution is 2.35. The van der Waals surface area contributed by atoms with Crippen LogP contribution in [-0.2, 0) is 4.79 Å². The Kier molecular flexibility index (Phi) is 5.57. The first kappa shape index (κ1) is 18.9. The van der Waals surface area contributed by atoms with Gasteiger partial charge in [0.25, 0.3) is 5.91 Å². The quantitative estimate of drug-likeness (QED) is 0.830. The Morgan fingerprint density at radius 3 is 2.75 bits per heavy atom. The lowest BCUT2D eigenvalue weighted by Crippen LogP contribution is -2.35. The second-order valence-corrected chi connectivity index (χ2v) is 8.20. The lowest BCUT2D eigenvalue weighted by atomic mass is 9.99. The Morgan fingerprint density at radius 2 is 1.96 bits per heavy atom. The number of carbonyl (C=O) groups excluding carboxylic acids is 2. The molecule has 2 heterocycles. The topological polar surface area (TPSA) is 58.6 Å². The third kappa shape index (κ3) is 3.87. The SMILES string of the molecule is COc1ccc([C@H]2CCCCCN2C(=O)c2ccc3c(c2)NC(=O)CS3)cc1. The average Bonchev–Trinajstić information content (AvgIpc) is 2.99. The highest BCUT2D eigenvalue weighted by Gasteiger charge is 2.28. The number of anilines is 1. The molecule has 2 aliphatic heterocycles. The van der Waals surface area contributed by atoms with Crippen LogP contribution >= 0.6 is 11.8 Å². The van der Waals surface area contributed by atoms with Crippen LogP contribution in [0.15, 0.2) is 47.4 Å². The Hall–Kier alpha value is -2.47. The van der Waals surface area contributed by atoms with Crippen molar-refractivity contribution < 1.29 is 14.3 Å². The fourth-order valence-electron chi connectivity index (χ4n) is 3.91. The van der Waals surface area contributed by atoms with E-state index in [1.165, 1.54) is 11.8 Å². The van der Waals surface area contributed by atoms with Crippen molar-refractivity contribution in [3.63, 3.8) is 0 Å². The summed E-state index contributed by atoms with van der Waals surface area (Å²) in [5.74, 6) is 1.24. The molecule has 1 saturated heterocycles. The lowest BCUT2D eigenvalue weighted by molar-refractivity contribution is -0.113. The van der Waals surface area contributed by atoms with E-state index in [1.54, 1.807) is 7.11 Å². The normalized spacial score (nSPS) is 19.4. The van der Waals surface area contributed by atoms with Crippen LogP contribution in [0.2, 0.25) is 0 Å². The molecule has 1 N–H and O–H groups in total. The second-order valence-electron chi connectivity index (χ2n) is 7.18. The Balaban J connectivity index is 1.63. The van der Waals surface area contributed by atoms with Gasteiger partial charge in [-0.1, -0.05) is 25.0 Å². The van der Waals surface area contributed by atoms with Gasteiger partial charge in [0.2, 0.25) is 5.91 Å². The van der Waals surface area contributed by atoms with E-state index in [1.807, 2.05) is 35.2 Å². The van der Waals surface area contributed by atoms with Crippen LogP contribution in [0.1, 0.15) is 47.6 Å². The van der Waals surface area contributed by atoms with Crippen molar-refractivity contribution in [2.45, 2.75) is 36.6 Å². The zero-order valence-corrected chi connectivity index (χ0v) is 16.8. The number of nitrogens with one attached hydrogen (secondary N) is 1. The van der Waals surface area contributed by atoms with E-state index in [4.69, 9.17) is 4.74 Å². The van der Waals surface area contributed by atoms with Gasteiger partial charge in [0.05, 0.1) is 24.6 Å². The number of amides is 2. The average molecular weight is 397 g/mol. The lowest BCUT2D eigenvalue weighted by Gasteiger charge is -2.31. The number of carbonyl (C=O) groups is 2. The summed E-state index contributed by atoms with van der Waals surface area (Å²) in [6, 6.07) is 13.7. The minimum absolute atomic E-state index is 0.0204. The summed E-state index contributed by atoms with van der Waals surface area (Å²) in [7, 11) is 1.66. The van der Waals surface area contributed by atoms with Crippen molar-refractivity contribution in [3.05, 3.63) is 53.6 Å². The predicted octanol–water partition coefficient (Wildman–Crippen LogP) is 4.50. The minimum atomic E-state index is -0.0204. The van der Waals surface area contributed by atoms with Crippen LogP contribution in [0, 0.1) is 0 Å². The van der Waals surface area contributed by atoms with Gasteiger partial charge >= 0.3 is 0 Å². The molecule has 5 nitrogen and oxygen atoms in total. The molecule has 4 rings (SSSR count). The molecule has 0 aromatic heterocycles. The van der Waals surface area contributed by atoms with E-state index in [0.717, 1.165) is 54.1 Å². The molecule has 146 valence electrons. The zero-order valence-electron chi connectivity index (χ0n) is 15.9. The Labute approximate surface area is 169 Å². The molecule has 0 aliphatic carbocycles. The first-order chi connectivity index (χ1) is 13.7. The Morgan fingerprint density at radius 1 is 1.14 bits per heavy atom. The van der Waals surface area contributed by atoms with Crippen LogP contribution in [0.3, 0.4) is 0 Å². The maximum atomic E-state index is 13.4. The number of thioether (sulfide) groups is 1. The van der Waals surface area contributed by atoms with E-state index in [0.29, 0.717) is 11.3 Å². The van der Waals surface area contributed by atoms with E-state index in [-0.39, 0.29) is 17.9 Å². The smallest absolute Gasteiger partial charge is 0.254 e. The second kappa shape index (κ2) is 8.27. The van der Waals surface area contributed by atoms with Gasteiger partial charge in [0.15, 0.2) is 0 Å². The molecule has 2 aromatic rings. The van der Waals surface area contributed by atoms with Gasteiger partial charge in [-0.25, -0.2) is 0 Å². The summed E-state index contributed by atoms with van der Waals surface area (Å²) in [6.07, 6.45) is 4.20. The monoisotopic (exact) mass is 396 g/mol. The third-order valence-corrected chi connectivity index (χ3v) is 6.45. The van der Waals surface area contributed by atoms with Crippen molar-refractivity contribution in [1.82, 2.24) is 4.90 Å². The molecular weight excluding hydrogens is 372 g/mol. The van der Waals surface area contributed by atoms with E-state index in [2.05, 4.69) is 17.4 Å². The van der Waals surface area contributed by atoms with Crippen molar-refractivity contribution in [2.75, 3.05) is 24.7 Å². The summed E-state index contributed by atoms with van der Waals surface area (Å²) in [4.78, 5) is 28.1. The van der Waals surface area contributed by atoms with Gasteiger partial charge in [0, 0.05) is 17.0 Å². The molecule has 0 spiro atoms. The van der Waals surface area contributed by atoms with Gasteiger partial charge in [0.1, 0.15) is 5.75 Å². The van der Waals surface area contributed by atoms with Crippen LogP contribution < -0.4 is 10.1 Å². The van der Waals surface area contributed by atoms with Gasteiger partial charge in [-0.3, -0.25) is 9.59 Å². The third-order valence-electron chi connectivity index (χ3n) is 5.37. The number of fused-ring (bicyclic) bond motifs is 1. The standard InChI is InChI=1S/C22H24N2O3S/c1-27-17-9-6-15(7-10-17)19-5-3-2-4-12-24(19)22(26)16-8-11-20-18(13-16)23-21(25)14-28-20/h6-11,13,19H,2-5,12,14H2,1H3,(H,23,25)/t19-/m1/s1. The maximum absolute atomic E-state index is 13.4. The molecule has 0 saturated carbocycles. The molecular formula is C22H24N2O3S. The van der Waals surface area contributed by atoms with Crippen LogP contribution in [0.5, 0.6) is 5.75 Å². The molecule has 0 bridgehead atoms. The summed E-state index contributed by atoms with van der Waals surface area (Å²) in [5.41, 5.74) is 2.50. The molecule has 0 radical (unpaired) electrons. The summed E-state index contributed by atoms with van der Waals surface area (Å²) < 4.78 is 5.27. The van der Waals surface area contributed by atoms with Crippen LogP contribution in [-0.4, -0.2) is 36.1 Å². The van der Waals surface area contributed by atoms with Crippen molar-refractivity contribution >= 4 is 29.3 Å². The van der Waals surface area contributed by atoms with Gasteiger partial charge in [-0.15, -0.1) is 11.8 Å². The number of ether oxygens (including phenoxy) is 1. The van der Waals surface area contributed by atoms with Crippen LogP contribution in [0.25, 0.3) is 0 Å². The molecule has 1 atom stereocenters. The number of rotatable bonds is 3. The molecule has 2 aliphatic rings. The largest absolute Gasteiger partial charge is 0.497 e. The number of nitrogens with zero attached hydrogens (tertiary/aromatic N) is 1. The molecule has 28 heavy (non-hydrogen) atoms. The van der Waals surface area contributed by atoms with Gasteiger partial charge < -0.3 is 15.0 Å². The molecule has 0 unspecified atom stereocenters. The van der Waals surface area contributed by atoms with Crippen LogP contribution in [0.4, 0.5) is 5.69 Å². The summed E-state index contributed by atoms with van der Waals surface area (Å²) in [6.45, 7) is 0.744. The van der Waals surface area contributed by atoms with Gasteiger partial charge in [-0.2, -0.15) is 0 Å². The first-order valence-corrected chi connectivity index (χ1v) is 10.7. The molecule has 1 fully saturated rings. The molecule has 6 heteroatoms. The number of hydrogen-bond donors (Lipinski definition) is 1. The first-order valence-electron chi connectivity index (χ1n) is 9.67. The van der Waals surface area contributed by atoms with Gasteiger partial charge in [-0.05, 0) is 48.7 Å². The summed E-state index contributed by atoms with van der Waals surface area (Å²) in [5, 5.41) is 2.88. The fourth-order valence-corrected chi connectivity index (χ4v) is 4.69. The maximum Gasteiger partial charge on any atom is 0.254 e. The zero-order chi connectivity index (χ0) is 19.5. The number of likely N-dealkylation sites (tertiary alicyclic amines) is 1. The van der Waals surface area contributed by atoms with Crippen molar-refractivity contribution in [1.29, 1.82) is 0 Å².